The van der Waals surface area contributed by atoms with Crippen molar-refractivity contribution in [2.45, 2.75) is 134 Å². The van der Waals surface area contributed by atoms with Crippen LogP contribution in [0.3, 0.4) is 0 Å². The van der Waals surface area contributed by atoms with Gasteiger partial charge in [-0.3, -0.25) is 14.4 Å². The predicted octanol–water partition coefficient (Wildman–Crippen LogP) is 6.44. The lowest BCUT2D eigenvalue weighted by atomic mass is 9.81. The molecule has 2 unspecified atom stereocenters. The standard InChI is InChI=1S/C31H46O6/c1-21(31(35)37-30(25-18-10-11-19-25)28(34)23-14-6-3-7-15-23)20-26(32)36-29(24-16-8-9-17-24)27(33)22-12-4-2-5-13-22/h22-25,29-30H,1-20H2. The summed E-state index contributed by atoms with van der Waals surface area (Å²) in [6.07, 6.45) is 15.9. The lowest BCUT2D eigenvalue weighted by Gasteiger charge is -2.29. The van der Waals surface area contributed by atoms with Crippen molar-refractivity contribution in [3.05, 3.63) is 12.2 Å². The number of carbonyl (C=O) groups excluding carboxylic acids is 4. The van der Waals surface area contributed by atoms with Gasteiger partial charge in [-0.25, -0.2) is 4.79 Å². The fourth-order valence-electron chi connectivity index (χ4n) is 7.16. The summed E-state index contributed by atoms with van der Waals surface area (Å²) in [6, 6.07) is 0. The zero-order valence-corrected chi connectivity index (χ0v) is 22.6. The van der Waals surface area contributed by atoms with Crippen molar-refractivity contribution in [2.24, 2.45) is 23.7 Å². The third kappa shape index (κ3) is 7.54. The van der Waals surface area contributed by atoms with Crippen LogP contribution in [0.4, 0.5) is 0 Å². The third-order valence-corrected chi connectivity index (χ3v) is 9.37. The van der Waals surface area contributed by atoms with E-state index in [4.69, 9.17) is 9.47 Å². The lowest BCUT2D eigenvalue weighted by Crippen LogP contribution is -2.39. The maximum absolute atomic E-state index is 13.3. The first-order chi connectivity index (χ1) is 17.9. The molecule has 0 aromatic carbocycles. The summed E-state index contributed by atoms with van der Waals surface area (Å²) in [5.74, 6) is -1.12. The molecule has 0 spiro atoms. The van der Waals surface area contributed by atoms with Gasteiger partial charge in [0.2, 0.25) is 0 Å². The third-order valence-electron chi connectivity index (χ3n) is 9.37. The molecule has 0 heterocycles. The van der Waals surface area contributed by atoms with Crippen LogP contribution in [0.1, 0.15) is 122 Å². The van der Waals surface area contributed by atoms with E-state index in [2.05, 4.69) is 6.58 Å². The van der Waals surface area contributed by atoms with E-state index in [1.807, 2.05) is 0 Å². The molecule has 6 nitrogen and oxygen atoms in total. The highest BCUT2D eigenvalue weighted by Crippen LogP contribution is 2.36. The summed E-state index contributed by atoms with van der Waals surface area (Å²) in [5.41, 5.74) is -0.000251. The van der Waals surface area contributed by atoms with Crippen LogP contribution in [0.15, 0.2) is 12.2 Å². The number of ether oxygens (including phenoxy) is 2. The Morgan fingerprint density at radius 1 is 0.568 bits per heavy atom. The predicted molar refractivity (Wildman–Crippen MR) is 141 cm³/mol. The molecule has 206 valence electrons. The van der Waals surface area contributed by atoms with Gasteiger partial charge in [0.15, 0.2) is 23.8 Å². The number of Topliss-reactive ketones (excluding diaryl/α,β-unsaturated/α-hetero) is 2. The van der Waals surface area contributed by atoms with Gasteiger partial charge in [-0.2, -0.15) is 0 Å². The van der Waals surface area contributed by atoms with E-state index in [1.54, 1.807) is 0 Å². The Hall–Kier alpha value is -1.98. The molecule has 37 heavy (non-hydrogen) atoms. The van der Waals surface area contributed by atoms with Crippen LogP contribution in [-0.2, 0) is 28.7 Å². The second-order valence-electron chi connectivity index (χ2n) is 12.1. The molecular formula is C31H46O6. The van der Waals surface area contributed by atoms with Crippen molar-refractivity contribution in [3.8, 4) is 0 Å². The second-order valence-corrected chi connectivity index (χ2v) is 12.1. The van der Waals surface area contributed by atoms with Gasteiger partial charge in [-0.15, -0.1) is 0 Å². The highest BCUT2D eigenvalue weighted by atomic mass is 16.6. The minimum absolute atomic E-state index is 0.000251. The van der Waals surface area contributed by atoms with Crippen molar-refractivity contribution in [1.82, 2.24) is 0 Å². The van der Waals surface area contributed by atoms with Crippen molar-refractivity contribution < 1.29 is 28.7 Å². The van der Waals surface area contributed by atoms with Gasteiger partial charge in [0, 0.05) is 29.2 Å². The molecule has 0 aliphatic heterocycles. The van der Waals surface area contributed by atoms with Crippen molar-refractivity contribution in [1.29, 1.82) is 0 Å². The Labute approximate surface area is 222 Å². The van der Waals surface area contributed by atoms with E-state index in [9.17, 15) is 19.2 Å². The number of rotatable bonds is 11. The van der Waals surface area contributed by atoms with E-state index in [0.717, 1.165) is 116 Å². The first-order valence-electron chi connectivity index (χ1n) is 15.1. The van der Waals surface area contributed by atoms with E-state index in [-0.39, 0.29) is 47.2 Å². The quantitative estimate of drug-likeness (QED) is 0.233. The lowest BCUT2D eigenvalue weighted by molar-refractivity contribution is -0.162. The summed E-state index contributed by atoms with van der Waals surface area (Å²) in [7, 11) is 0. The molecule has 4 aliphatic rings. The van der Waals surface area contributed by atoms with Gasteiger partial charge < -0.3 is 9.47 Å². The van der Waals surface area contributed by atoms with Crippen molar-refractivity contribution >= 4 is 23.5 Å². The molecular weight excluding hydrogens is 468 g/mol. The molecule has 0 amide bonds. The Kier molecular flexibility index (Phi) is 10.4. The molecule has 0 saturated heterocycles. The van der Waals surface area contributed by atoms with E-state index < -0.39 is 24.1 Å². The Morgan fingerprint density at radius 3 is 1.38 bits per heavy atom. The Balaban J connectivity index is 1.35. The summed E-state index contributed by atoms with van der Waals surface area (Å²) in [4.78, 5) is 52.6. The van der Waals surface area contributed by atoms with Gasteiger partial charge in [-0.1, -0.05) is 70.8 Å². The zero-order chi connectivity index (χ0) is 26.2. The monoisotopic (exact) mass is 514 g/mol. The number of hydrogen-bond acceptors (Lipinski definition) is 6. The first-order valence-corrected chi connectivity index (χ1v) is 15.1. The average molecular weight is 515 g/mol. The van der Waals surface area contributed by atoms with Gasteiger partial charge in [-0.05, 0) is 51.4 Å². The van der Waals surface area contributed by atoms with Crippen LogP contribution in [0.5, 0.6) is 0 Å². The van der Waals surface area contributed by atoms with Gasteiger partial charge in [0.25, 0.3) is 0 Å². The molecule has 0 aromatic heterocycles. The molecule has 4 rings (SSSR count). The molecule has 4 fully saturated rings. The first kappa shape index (κ1) is 28.0. The molecule has 0 radical (unpaired) electrons. The van der Waals surface area contributed by atoms with Crippen molar-refractivity contribution in [3.63, 3.8) is 0 Å². The maximum Gasteiger partial charge on any atom is 0.334 e. The van der Waals surface area contributed by atoms with E-state index in [0.29, 0.717) is 0 Å². The highest BCUT2D eigenvalue weighted by Gasteiger charge is 2.40. The fourth-order valence-corrected chi connectivity index (χ4v) is 7.16. The van der Waals surface area contributed by atoms with Crippen LogP contribution >= 0.6 is 0 Å². The molecule has 6 heteroatoms. The highest BCUT2D eigenvalue weighted by molar-refractivity contribution is 5.96. The minimum atomic E-state index is -0.745. The Morgan fingerprint density at radius 2 is 0.946 bits per heavy atom. The molecule has 4 aliphatic carbocycles. The average Bonchev–Trinajstić information content (AvgIpc) is 3.65. The van der Waals surface area contributed by atoms with Crippen molar-refractivity contribution in [2.75, 3.05) is 0 Å². The number of ketones is 2. The number of hydrogen-bond donors (Lipinski definition) is 0. The van der Waals surface area contributed by atoms with Crippen LogP contribution < -0.4 is 0 Å². The normalized spacial score (nSPS) is 23.9. The zero-order valence-electron chi connectivity index (χ0n) is 22.6. The molecule has 0 aromatic rings. The summed E-state index contributed by atoms with van der Waals surface area (Å²) >= 11 is 0. The smallest absolute Gasteiger partial charge is 0.334 e. The van der Waals surface area contributed by atoms with E-state index >= 15 is 0 Å². The van der Waals surface area contributed by atoms with Crippen LogP contribution in [-0.4, -0.2) is 35.7 Å². The fraction of sp³-hybridized carbons (Fsp3) is 0.806. The largest absolute Gasteiger partial charge is 0.454 e. The molecule has 2 atom stereocenters. The van der Waals surface area contributed by atoms with Crippen LogP contribution in [0, 0.1) is 23.7 Å². The van der Waals surface area contributed by atoms with Gasteiger partial charge >= 0.3 is 11.9 Å². The number of esters is 2. The van der Waals surface area contributed by atoms with Crippen LogP contribution in [0.25, 0.3) is 0 Å². The topological polar surface area (TPSA) is 86.7 Å². The molecule has 0 N–H and O–H groups in total. The molecule has 0 bridgehead atoms. The van der Waals surface area contributed by atoms with Crippen LogP contribution in [0.2, 0.25) is 0 Å². The second kappa shape index (κ2) is 13.7. The van der Waals surface area contributed by atoms with Gasteiger partial charge in [0.05, 0.1) is 6.42 Å². The SMILES string of the molecule is C=C(CC(=O)OC(C(=O)C1CCCCC1)C1CCCC1)C(=O)OC(C(=O)C1CCCCC1)C1CCCC1. The minimum Gasteiger partial charge on any atom is -0.454 e. The summed E-state index contributed by atoms with van der Waals surface area (Å²) < 4.78 is 11.6. The van der Waals surface area contributed by atoms with Gasteiger partial charge in [0.1, 0.15) is 0 Å². The summed E-state index contributed by atoms with van der Waals surface area (Å²) in [5, 5.41) is 0. The summed E-state index contributed by atoms with van der Waals surface area (Å²) in [6.45, 7) is 3.81. The maximum atomic E-state index is 13.3. The Bertz CT molecular complexity index is 823. The van der Waals surface area contributed by atoms with E-state index in [1.165, 1.54) is 0 Å². The number of carbonyl (C=O) groups is 4. The molecule has 4 saturated carbocycles.